The van der Waals surface area contributed by atoms with Crippen LogP contribution in [0.3, 0.4) is 0 Å². The van der Waals surface area contributed by atoms with Gasteiger partial charge in [-0.05, 0) is 51.3 Å². The Labute approximate surface area is 108 Å². The van der Waals surface area contributed by atoms with Crippen molar-refractivity contribution in [3.8, 4) is 0 Å². The minimum absolute atomic E-state index is 0.0514. The number of nitrogen functional groups attached to an aromatic ring is 1. The molecule has 0 unspecified atom stereocenters. The van der Waals surface area contributed by atoms with E-state index in [1.165, 1.54) is 5.56 Å². The highest BCUT2D eigenvalue weighted by atomic mass is 16.2. The molecule has 4 heteroatoms. The highest BCUT2D eigenvalue weighted by molar-refractivity contribution is 5.95. The van der Waals surface area contributed by atoms with E-state index in [-0.39, 0.29) is 11.6 Å². The highest BCUT2D eigenvalue weighted by Gasteiger charge is 2.27. The van der Waals surface area contributed by atoms with Crippen LogP contribution in [0.1, 0.15) is 31.9 Å². The Morgan fingerprint density at radius 2 is 2.06 bits per heavy atom. The molecule has 0 radical (unpaired) electrons. The molecule has 0 aliphatic carbocycles. The second-order valence-corrected chi connectivity index (χ2v) is 5.92. The van der Waals surface area contributed by atoms with E-state index >= 15 is 0 Å². The largest absolute Gasteiger partial charge is 0.398 e. The number of hydrogen-bond donors (Lipinski definition) is 2. The number of anilines is 2. The molecule has 0 saturated heterocycles. The molecule has 0 saturated carbocycles. The van der Waals surface area contributed by atoms with Gasteiger partial charge in [0.1, 0.15) is 0 Å². The average molecular weight is 247 g/mol. The van der Waals surface area contributed by atoms with Gasteiger partial charge in [0.05, 0.1) is 5.69 Å². The van der Waals surface area contributed by atoms with Crippen LogP contribution in [0.4, 0.5) is 16.2 Å². The van der Waals surface area contributed by atoms with Crippen LogP contribution in [0.25, 0.3) is 0 Å². The van der Waals surface area contributed by atoms with Gasteiger partial charge in [0.2, 0.25) is 0 Å². The first-order chi connectivity index (χ1) is 8.28. The summed E-state index contributed by atoms with van der Waals surface area (Å²) in [6.07, 6.45) is 0.897. The van der Waals surface area contributed by atoms with Gasteiger partial charge in [0.15, 0.2) is 0 Å². The van der Waals surface area contributed by atoms with E-state index in [1.807, 2.05) is 33.8 Å². The van der Waals surface area contributed by atoms with Crippen molar-refractivity contribution in [3.63, 3.8) is 0 Å². The summed E-state index contributed by atoms with van der Waals surface area (Å²) in [5, 5.41) is 2.98. The van der Waals surface area contributed by atoms with Crippen molar-refractivity contribution in [1.29, 1.82) is 0 Å². The maximum absolute atomic E-state index is 12.2. The van der Waals surface area contributed by atoms with E-state index in [1.54, 1.807) is 4.90 Å². The predicted octanol–water partition coefficient (Wildman–Crippen LogP) is 2.45. The number of urea groups is 1. The number of nitrogens with zero attached hydrogens (tertiary/aromatic N) is 1. The van der Waals surface area contributed by atoms with E-state index < -0.39 is 0 Å². The quantitative estimate of drug-likeness (QED) is 0.692. The summed E-state index contributed by atoms with van der Waals surface area (Å²) in [6.45, 7) is 8.65. The molecular formula is C14H21N3O. The monoisotopic (exact) mass is 247 g/mol. The molecule has 0 aromatic heterocycles. The standard InChI is InChI=1S/C14H21N3O/c1-9-7-10-5-6-17(12(10)8-11(9)15)13(18)16-14(2,3)4/h7-8H,5-6,15H2,1-4H3,(H,16,18). The summed E-state index contributed by atoms with van der Waals surface area (Å²) in [4.78, 5) is 14.0. The Kier molecular flexibility index (Phi) is 2.97. The minimum atomic E-state index is -0.226. The summed E-state index contributed by atoms with van der Waals surface area (Å²) in [6, 6.07) is 3.93. The molecular weight excluding hydrogens is 226 g/mol. The Morgan fingerprint density at radius 3 is 2.67 bits per heavy atom. The van der Waals surface area contributed by atoms with Crippen molar-refractivity contribution in [2.24, 2.45) is 0 Å². The normalized spacial score (nSPS) is 14.6. The van der Waals surface area contributed by atoms with Gasteiger partial charge in [-0.3, -0.25) is 4.90 Å². The summed E-state index contributed by atoms with van der Waals surface area (Å²) in [5.41, 5.74) is 9.66. The SMILES string of the molecule is Cc1cc2c(cc1N)N(C(=O)NC(C)(C)C)CC2. The maximum Gasteiger partial charge on any atom is 0.322 e. The lowest BCUT2D eigenvalue weighted by Gasteiger charge is -2.26. The second-order valence-electron chi connectivity index (χ2n) is 5.92. The Balaban J connectivity index is 2.26. The second kappa shape index (κ2) is 4.19. The minimum Gasteiger partial charge on any atom is -0.398 e. The molecule has 18 heavy (non-hydrogen) atoms. The molecule has 1 aromatic carbocycles. The topological polar surface area (TPSA) is 58.4 Å². The van der Waals surface area contributed by atoms with E-state index in [0.29, 0.717) is 0 Å². The third kappa shape index (κ3) is 2.42. The molecule has 1 aliphatic heterocycles. The van der Waals surface area contributed by atoms with Crippen LogP contribution in [0, 0.1) is 6.92 Å². The molecule has 1 aromatic rings. The van der Waals surface area contributed by atoms with E-state index in [4.69, 9.17) is 5.73 Å². The van der Waals surface area contributed by atoms with Crippen LogP contribution < -0.4 is 16.0 Å². The number of fused-ring (bicyclic) bond motifs is 1. The van der Waals surface area contributed by atoms with Crippen molar-refractivity contribution < 1.29 is 4.79 Å². The van der Waals surface area contributed by atoms with Gasteiger partial charge in [-0.25, -0.2) is 4.79 Å². The first-order valence-corrected chi connectivity index (χ1v) is 6.26. The maximum atomic E-state index is 12.2. The Bertz CT molecular complexity index is 489. The van der Waals surface area contributed by atoms with Crippen LogP contribution in [0.2, 0.25) is 0 Å². The third-order valence-electron chi connectivity index (χ3n) is 3.09. The molecule has 1 heterocycles. The third-order valence-corrected chi connectivity index (χ3v) is 3.09. The fourth-order valence-electron chi connectivity index (χ4n) is 2.18. The molecule has 2 amide bonds. The van der Waals surface area contributed by atoms with Crippen molar-refractivity contribution in [1.82, 2.24) is 5.32 Å². The van der Waals surface area contributed by atoms with Gasteiger partial charge < -0.3 is 11.1 Å². The summed E-state index contributed by atoms with van der Waals surface area (Å²) in [7, 11) is 0. The van der Waals surface area contributed by atoms with Gasteiger partial charge in [0.25, 0.3) is 0 Å². The number of nitrogens with two attached hydrogens (primary N) is 1. The first kappa shape index (κ1) is 12.7. The summed E-state index contributed by atoms with van der Waals surface area (Å²) in [5.74, 6) is 0. The van der Waals surface area contributed by atoms with Crippen molar-refractivity contribution in [3.05, 3.63) is 23.3 Å². The van der Waals surface area contributed by atoms with E-state index in [2.05, 4.69) is 11.4 Å². The number of carbonyl (C=O) groups is 1. The number of amides is 2. The molecule has 1 aliphatic rings. The highest BCUT2D eigenvalue weighted by Crippen LogP contribution is 2.32. The molecule has 98 valence electrons. The summed E-state index contributed by atoms with van der Waals surface area (Å²) < 4.78 is 0. The lowest BCUT2D eigenvalue weighted by Crippen LogP contribution is -2.48. The lowest BCUT2D eigenvalue weighted by molar-refractivity contribution is 0.238. The van der Waals surface area contributed by atoms with E-state index in [9.17, 15) is 4.79 Å². The van der Waals surface area contributed by atoms with Crippen LogP contribution in [0.5, 0.6) is 0 Å². The molecule has 0 bridgehead atoms. The number of carbonyl (C=O) groups excluding carboxylic acids is 1. The van der Waals surface area contributed by atoms with E-state index in [0.717, 1.165) is 29.9 Å². The van der Waals surface area contributed by atoms with Crippen LogP contribution in [-0.4, -0.2) is 18.1 Å². The fourth-order valence-corrected chi connectivity index (χ4v) is 2.18. The molecule has 0 fully saturated rings. The van der Waals surface area contributed by atoms with Crippen molar-refractivity contribution >= 4 is 17.4 Å². The fraction of sp³-hybridized carbons (Fsp3) is 0.500. The first-order valence-electron chi connectivity index (χ1n) is 6.26. The summed E-state index contributed by atoms with van der Waals surface area (Å²) >= 11 is 0. The van der Waals surface area contributed by atoms with Gasteiger partial charge in [0, 0.05) is 17.8 Å². The molecule has 2 rings (SSSR count). The zero-order valence-corrected chi connectivity index (χ0v) is 11.5. The van der Waals surface area contributed by atoms with Gasteiger partial charge in [-0.15, -0.1) is 0 Å². The Hall–Kier alpha value is -1.71. The number of benzene rings is 1. The van der Waals surface area contributed by atoms with Crippen molar-refractivity contribution in [2.75, 3.05) is 17.2 Å². The zero-order valence-electron chi connectivity index (χ0n) is 11.5. The molecule has 0 spiro atoms. The van der Waals surface area contributed by atoms with Gasteiger partial charge in [-0.1, -0.05) is 6.07 Å². The number of rotatable bonds is 0. The van der Waals surface area contributed by atoms with Crippen molar-refractivity contribution in [2.45, 2.75) is 39.7 Å². The van der Waals surface area contributed by atoms with Gasteiger partial charge >= 0.3 is 6.03 Å². The number of aryl methyl sites for hydroxylation is 1. The Morgan fingerprint density at radius 1 is 1.39 bits per heavy atom. The molecule has 0 atom stereocenters. The smallest absolute Gasteiger partial charge is 0.322 e. The predicted molar refractivity (Wildman–Crippen MR) is 74.9 cm³/mol. The lowest BCUT2D eigenvalue weighted by atomic mass is 10.1. The average Bonchev–Trinajstić information content (AvgIpc) is 2.59. The molecule has 4 nitrogen and oxygen atoms in total. The zero-order chi connectivity index (χ0) is 13.5. The van der Waals surface area contributed by atoms with Crippen LogP contribution in [0.15, 0.2) is 12.1 Å². The van der Waals surface area contributed by atoms with Gasteiger partial charge in [-0.2, -0.15) is 0 Å². The van der Waals surface area contributed by atoms with Crippen LogP contribution in [-0.2, 0) is 6.42 Å². The molecule has 3 N–H and O–H groups in total. The van der Waals surface area contributed by atoms with Crippen LogP contribution >= 0.6 is 0 Å². The number of hydrogen-bond acceptors (Lipinski definition) is 2. The number of nitrogens with one attached hydrogen (secondary N) is 1.